The number of aromatic nitrogens is 2. The second-order valence-corrected chi connectivity index (χ2v) is 10.8. The van der Waals surface area contributed by atoms with Gasteiger partial charge in [-0.1, -0.05) is 19.3 Å². The van der Waals surface area contributed by atoms with E-state index in [1.165, 1.54) is 27.7 Å². The van der Waals surface area contributed by atoms with Gasteiger partial charge in [-0.05, 0) is 55.7 Å². The zero-order chi connectivity index (χ0) is 28.9. The summed E-state index contributed by atoms with van der Waals surface area (Å²) in [6.45, 7) is 0.294. The van der Waals surface area contributed by atoms with Gasteiger partial charge in [0.25, 0.3) is 0 Å². The van der Waals surface area contributed by atoms with Gasteiger partial charge >= 0.3 is 0 Å². The number of nitrogens with one attached hydrogen (secondary N) is 1. The van der Waals surface area contributed by atoms with Crippen LogP contribution in [0.15, 0.2) is 24.7 Å². The molecule has 1 aromatic heterocycles. The fourth-order valence-electron chi connectivity index (χ4n) is 6.75. The molecule has 1 saturated heterocycles. The third kappa shape index (κ3) is 5.46. The summed E-state index contributed by atoms with van der Waals surface area (Å²) in [6.07, 6.45) is 9.60. The molecule has 1 aliphatic heterocycles. The van der Waals surface area contributed by atoms with Crippen molar-refractivity contribution in [3.05, 3.63) is 35.9 Å². The zero-order valence-electron chi connectivity index (χ0n) is 23.6. The SMILES string of the molecule is COc1cc([C@@H](C(=O)N2CCCCC2(C(N)=O)[C@@H](Cc2cnc[nH]2)C(N)=O)C2CCCCC2)cc(OC)c1OC. The van der Waals surface area contributed by atoms with Gasteiger partial charge in [-0.3, -0.25) is 14.4 Å². The van der Waals surface area contributed by atoms with Crippen molar-refractivity contribution in [2.24, 2.45) is 23.3 Å². The molecule has 218 valence electrons. The number of hydrogen-bond acceptors (Lipinski definition) is 7. The number of benzene rings is 1. The van der Waals surface area contributed by atoms with Crippen LogP contribution >= 0.6 is 0 Å². The Morgan fingerprint density at radius 1 is 1.02 bits per heavy atom. The number of nitrogens with two attached hydrogens (primary N) is 2. The first-order chi connectivity index (χ1) is 19.3. The van der Waals surface area contributed by atoms with Crippen LogP contribution in [0.3, 0.4) is 0 Å². The van der Waals surface area contributed by atoms with Crippen molar-refractivity contribution in [3.8, 4) is 17.2 Å². The topological polar surface area (TPSA) is 163 Å². The van der Waals surface area contributed by atoms with Crippen molar-refractivity contribution in [2.75, 3.05) is 27.9 Å². The molecule has 1 unspecified atom stereocenters. The summed E-state index contributed by atoms with van der Waals surface area (Å²) >= 11 is 0. The quantitative estimate of drug-likeness (QED) is 0.384. The number of H-pyrrole nitrogens is 1. The normalized spacial score (nSPS) is 21.3. The van der Waals surface area contributed by atoms with Gasteiger partial charge in [0, 0.05) is 24.9 Å². The lowest BCUT2D eigenvalue weighted by molar-refractivity contribution is -0.159. The number of imidazole rings is 1. The van der Waals surface area contributed by atoms with Crippen LogP contribution in [0, 0.1) is 11.8 Å². The third-order valence-electron chi connectivity index (χ3n) is 8.70. The van der Waals surface area contributed by atoms with Gasteiger partial charge in [-0.15, -0.1) is 0 Å². The van der Waals surface area contributed by atoms with Crippen LogP contribution in [-0.2, 0) is 20.8 Å². The lowest BCUT2D eigenvalue weighted by Crippen LogP contribution is -2.68. The van der Waals surface area contributed by atoms with Crippen molar-refractivity contribution in [3.63, 3.8) is 0 Å². The molecular weight excluding hydrogens is 514 g/mol. The standard InChI is InChI=1S/C29H41N5O6/c1-38-22-13-19(14-23(39-2)25(22)40-3)24(18-9-5-4-6-10-18)27(36)34-12-8-7-11-29(34,28(31)37)21(26(30)35)15-20-16-32-17-33-20/h13-14,16-18,21,24H,4-12,15H2,1-3H3,(H2,30,35)(H2,31,37)(H,32,33)/t21-,24-,29?/m0/s1. The predicted octanol–water partition coefficient (Wildman–Crippen LogP) is 2.68. The molecule has 0 radical (unpaired) electrons. The lowest BCUT2D eigenvalue weighted by atomic mass is 9.70. The Hall–Kier alpha value is -3.76. The van der Waals surface area contributed by atoms with Gasteiger partial charge in [-0.2, -0.15) is 0 Å². The summed E-state index contributed by atoms with van der Waals surface area (Å²) in [5, 5.41) is 0. The number of aromatic amines is 1. The molecule has 11 nitrogen and oxygen atoms in total. The maximum Gasteiger partial charge on any atom is 0.244 e. The van der Waals surface area contributed by atoms with E-state index in [4.69, 9.17) is 25.7 Å². The van der Waals surface area contributed by atoms with E-state index in [0.29, 0.717) is 47.9 Å². The van der Waals surface area contributed by atoms with Crippen molar-refractivity contribution >= 4 is 17.7 Å². The van der Waals surface area contributed by atoms with Crippen molar-refractivity contribution in [2.45, 2.75) is 69.2 Å². The van der Waals surface area contributed by atoms with Crippen LogP contribution in [-0.4, -0.2) is 66.0 Å². The predicted molar refractivity (Wildman–Crippen MR) is 148 cm³/mol. The second kappa shape index (κ2) is 12.6. The molecule has 11 heteroatoms. The molecule has 0 bridgehead atoms. The lowest BCUT2D eigenvalue weighted by Gasteiger charge is -2.50. The summed E-state index contributed by atoms with van der Waals surface area (Å²) in [5.41, 5.74) is 11.8. The Bertz CT molecular complexity index is 1170. The van der Waals surface area contributed by atoms with E-state index < -0.39 is 29.2 Å². The molecule has 1 aliphatic carbocycles. The molecule has 1 saturated carbocycles. The molecule has 4 rings (SSSR count). The largest absolute Gasteiger partial charge is 0.493 e. The highest BCUT2D eigenvalue weighted by Crippen LogP contribution is 2.46. The summed E-state index contributed by atoms with van der Waals surface area (Å²) in [4.78, 5) is 49.8. The van der Waals surface area contributed by atoms with E-state index in [0.717, 1.165) is 32.1 Å². The van der Waals surface area contributed by atoms with Crippen LogP contribution in [0.5, 0.6) is 17.2 Å². The fourth-order valence-corrected chi connectivity index (χ4v) is 6.75. The number of piperidine rings is 1. The van der Waals surface area contributed by atoms with Gasteiger partial charge in [0.15, 0.2) is 11.5 Å². The van der Waals surface area contributed by atoms with E-state index in [9.17, 15) is 14.4 Å². The number of likely N-dealkylation sites (tertiary alicyclic amines) is 1. The van der Waals surface area contributed by atoms with Gasteiger partial charge in [0.2, 0.25) is 23.5 Å². The maximum absolute atomic E-state index is 14.8. The molecule has 5 N–H and O–H groups in total. The Morgan fingerprint density at radius 2 is 1.70 bits per heavy atom. The minimum atomic E-state index is -1.57. The molecular formula is C29H41N5O6. The third-order valence-corrected chi connectivity index (χ3v) is 8.70. The molecule has 2 fully saturated rings. The first-order valence-corrected chi connectivity index (χ1v) is 14.0. The number of carbonyl (C=O) groups excluding carboxylic acids is 3. The molecule has 3 atom stereocenters. The van der Waals surface area contributed by atoms with Crippen molar-refractivity contribution in [1.82, 2.24) is 14.9 Å². The van der Waals surface area contributed by atoms with Crippen LogP contribution in [0.25, 0.3) is 0 Å². The van der Waals surface area contributed by atoms with E-state index >= 15 is 0 Å². The minimum absolute atomic E-state index is 0.0243. The first-order valence-electron chi connectivity index (χ1n) is 14.0. The highest BCUT2D eigenvalue weighted by Gasteiger charge is 2.55. The average Bonchev–Trinajstić information content (AvgIpc) is 3.49. The van der Waals surface area contributed by atoms with E-state index in [1.54, 1.807) is 11.1 Å². The van der Waals surface area contributed by atoms with Gasteiger partial charge in [0.05, 0.1) is 39.5 Å². The van der Waals surface area contributed by atoms with Gasteiger partial charge < -0.3 is 35.6 Å². The van der Waals surface area contributed by atoms with Crippen LogP contribution in [0.1, 0.15) is 68.5 Å². The number of nitrogens with zero attached hydrogens (tertiary/aromatic N) is 2. The van der Waals surface area contributed by atoms with E-state index in [2.05, 4.69) is 9.97 Å². The van der Waals surface area contributed by atoms with Crippen molar-refractivity contribution < 1.29 is 28.6 Å². The zero-order valence-corrected chi connectivity index (χ0v) is 23.6. The monoisotopic (exact) mass is 555 g/mol. The molecule has 1 aromatic carbocycles. The second-order valence-electron chi connectivity index (χ2n) is 10.8. The Labute approximate surface area is 234 Å². The molecule has 40 heavy (non-hydrogen) atoms. The van der Waals surface area contributed by atoms with Gasteiger partial charge in [-0.25, -0.2) is 4.98 Å². The fraction of sp³-hybridized carbons (Fsp3) is 0.586. The summed E-state index contributed by atoms with van der Waals surface area (Å²) < 4.78 is 16.8. The van der Waals surface area contributed by atoms with Crippen molar-refractivity contribution in [1.29, 1.82) is 0 Å². The number of hydrogen-bond donors (Lipinski definition) is 3. The van der Waals surface area contributed by atoms with E-state index in [-0.39, 0.29) is 24.7 Å². The molecule has 2 heterocycles. The Balaban J connectivity index is 1.85. The highest BCUT2D eigenvalue weighted by atomic mass is 16.5. The number of primary amides is 2. The molecule has 3 amide bonds. The smallest absolute Gasteiger partial charge is 0.244 e. The Kier molecular flexibility index (Phi) is 9.21. The van der Waals surface area contributed by atoms with E-state index in [1.807, 2.05) is 12.1 Å². The van der Waals surface area contributed by atoms with Crippen LogP contribution in [0.4, 0.5) is 0 Å². The molecule has 0 spiro atoms. The number of amides is 3. The molecule has 2 aromatic rings. The highest BCUT2D eigenvalue weighted by molar-refractivity contribution is 5.98. The summed E-state index contributed by atoms with van der Waals surface area (Å²) in [6, 6.07) is 3.62. The number of rotatable bonds is 11. The summed E-state index contributed by atoms with van der Waals surface area (Å²) in [7, 11) is 4.60. The summed E-state index contributed by atoms with van der Waals surface area (Å²) in [5.74, 6) is -1.94. The van der Waals surface area contributed by atoms with Crippen LogP contribution < -0.4 is 25.7 Å². The maximum atomic E-state index is 14.8. The number of ether oxygens (including phenoxy) is 3. The first kappa shape index (κ1) is 29.2. The average molecular weight is 556 g/mol. The van der Waals surface area contributed by atoms with Gasteiger partial charge in [0.1, 0.15) is 5.54 Å². The number of carbonyl (C=O) groups is 3. The van der Waals surface area contributed by atoms with Crippen LogP contribution in [0.2, 0.25) is 0 Å². The molecule has 2 aliphatic rings. The number of methoxy groups -OCH3 is 3. The minimum Gasteiger partial charge on any atom is -0.493 e. The Morgan fingerprint density at radius 3 is 2.23 bits per heavy atom.